The first kappa shape index (κ1) is 19.0. The summed E-state index contributed by atoms with van der Waals surface area (Å²) < 4.78 is 10.7. The van der Waals surface area contributed by atoms with Crippen molar-refractivity contribution < 1.29 is 9.47 Å². The van der Waals surface area contributed by atoms with Crippen LogP contribution in [0.2, 0.25) is 0 Å². The molecule has 1 aliphatic carbocycles. The Bertz CT molecular complexity index is 959. The van der Waals surface area contributed by atoms with E-state index in [0.29, 0.717) is 29.3 Å². The second-order valence-corrected chi connectivity index (χ2v) is 7.02. The molecule has 1 aliphatic rings. The van der Waals surface area contributed by atoms with Gasteiger partial charge < -0.3 is 20.1 Å². The van der Waals surface area contributed by atoms with E-state index in [4.69, 9.17) is 14.5 Å². The fourth-order valence-corrected chi connectivity index (χ4v) is 3.55. The van der Waals surface area contributed by atoms with Crippen LogP contribution in [0.25, 0.3) is 11.3 Å². The minimum Gasteiger partial charge on any atom is -0.493 e. The maximum absolute atomic E-state index is 5.40. The molecule has 0 spiro atoms. The summed E-state index contributed by atoms with van der Waals surface area (Å²) >= 11 is 0. The van der Waals surface area contributed by atoms with E-state index >= 15 is 0 Å². The van der Waals surface area contributed by atoms with Gasteiger partial charge in [0.2, 0.25) is 5.95 Å². The normalized spacial score (nSPS) is 13.9. The lowest BCUT2D eigenvalue weighted by Crippen LogP contribution is -2.17. The van der Waals surface area contributed by atoms with E-state index in [1.807, 2.05) is 42.6 Å². The molecule has 2 heterocycles. The largest absolute Gasteiger partial charge is 0.493 e. The Balaban J connectivity index is 1.66. The van der Waals surface area contributed by atoms with E-state index in [1.54, 1.807) is 20.4 Å². The molecule has 1 fully saturated rings. The molecule has 7 nitrogen and oxygen atoms in total. The number of methoxy groups -OCH3 is 2. The number of aromatic nitrogens is 3. The van der Waals surface area contributed by atoms with E-state index in [2.05, 4.69) is 20.6 Å². The van der Waals surface area contributed by atoms with Crippen molar-refractivity contribution >= 4 is 17.5 Å². The number of nitrogens with zero attached hydrogens (tertiary/aromatic N) is 3. The van der Waals surface area contributed by atoms with Gasteiger partial charge in [-0.2, -0.15) is 4.98 Å². The number of anilines is 3. The molecule has 1 aromatic carbocycles. The lowest BCUT2D eigenvalue weighted by atomic mass is 10.2. The lowest BCUT2D eigenvalue weighted by molar-refractivity contribution is 0.355. The Morgan fingerprint density at radius 2 is 1.79 bits per heavy atom. The van der Waals surface area contributed by atoms with Crippen molar-refractivity contribution in [2.24, 2.45) is 0 Å². The molecule has 7 heteroatoms. The molecular formula is C22H25N5O2. The van der Waals surface area contributed by atoms with Crippen LogP contribution in [0.5, 0.6) is 11.5 Å². The summed E-state index contributed by atoms with van der Waals surface area (Å²) in [5.74, 6) is 2.66. The highest BCUT2D eigenvalue weighted by Gasteiger charge is 2.17. The summed E-state index contributed by atoms with van der Waals surface area (Å²) in [6.45, 7) is 0. The molecule has 0 bridgehead atoms. The van der Waals surface area contributed by atoms with E-state index in [0.717, 1.165) is 29.8 Å². The van der Waals surface area contributed by atoms with Gasteiger partial charge >= 0.3 is 0 Å². The Morgan fingerprint density at radius 1 is 0.966 bits per heavy atom. The van der Waals surface area contributed by atoms with Crippen LogP contribution in [-0.2, 0) is 0 Å². The standard InChI is InChI=1S/C22H25N5O2/c1-28-19-10-9-17(12-20(19)29-2)24-21-13-18(15-6-5-11-23-14-15)26-22(27-21)25-16-7-3-4-8-16/h5-6,9-14,16H,3-4,7-8H2,1-2H3,(H2,24,25,26,27). The number of hydrogen-bond acceptors (Lipinski definition) is 7. The van der Waals surface area contributed by atoms with E-state index in [-0.39, 0.29) is 0 Å². The van der Waals surface area contributed by atoms with Gasteiger partial charge in [0, 0.05) is 41.8 Å². The second-order valence-electron chi connectivity index (χ2n) is 7.02. The number of pyridine rings is 1. The van der Waals surface area contributed by atoms with E-state index in [1.165, 1.54) is 12.8 Å². The van der Waals surface area contributed by atoms with Crippen molar-refractivity contribution in [3.8, 4) is 22.8 Å². The zero-order valence-corrected chi connectivity index (χ0v) is 16.7. The Kier molecular flexibility index (Phi) is 5.74. The minimum absolute atomic E-state index is 0.424. The van der Waals surface area contributed by atoms with Crippen LogP contribution in [0.15, 0.2) is 48.8 Å². The maximum atomic E-state index is 5.40. The van der Waals surface area contributed by atoms with Crippen molar-refractivity contribution in [1.29, 1.82) is 0 Å². The SMILES string of the molecule is COc1ccc(Nc2cc(-c3cccnc3)nc(NC3CCCC3)n2)cc1OC. The summed E-state index contributed by atoms with van der Waals surface area (Å²) in [4.78, 5) is 13.6. The molecule has 150 valence electrons. The highest BCUT2D eigenvalue weighted by molar-refractivity contribution is 5.68. The molecule has 0 radical (unpaired) electrons. The zero-order chi connectivity index (χ0) is 20.1. The molecule has 4 rings (SSSR count). The summed E-state index contributed by atoms with van der Waals surface area (Å²) in [6, 6.07) is 11.9. The van der Waals surface area contributed by atoms with E-state index < -0.39 is 0 Å². The van der Waals surface area contributed by atoms with Crippen molar-refractivity contribution in [2.75, 3.05) is 24.9 Å². The second kappa shape index (κ2) is 8.77. The first-order valence-corrected chi connectivity index (χ1v) is 9.80. The minimum atomic E-state index is 0.424. The van der Waals surface area contributed by atoms with Crippen LogP contribution in [0.4, 0.5) is 17.5 Å². The molecule has 2 N–H and O–H groups in total. The van der Waals surface area contributed by atoms with Gasteiger partial charge in [0.25, 0.3) is 0 Å². The lowest BCUT2D eigenvalue weighted by Gasteiger charge is -2.15. The van der Waals surface area contributed by atoms with Gasteiger partial charge in [-0.05, 0) is 37.1 Å². The van der Waals surface area contributed by atoms with Gasteiger partial charge in [0.05, 0.1) is 19.9 Å². The number of ether oxygens (including phenoxy) is 2. The topological polar surface area (TPSA) is 81.2 Å². The van der Waals surface area contributed by atoms with Crippen molar-refractivity contribution in [3.05, 3.63) is 48.8 Å². The summed E-state index contributed by atoms with van der Waals surface area (Å²) in [7, 11) is 3.24. The van der Waals surface area contributed by atoms with Crippen molar-refractivity contribution in [3.63, 3.8) is 0 Å². The fraction of sp³-hybridized carbons (Fsp3) is 0.318. The number of benzene rings is 1. The molecular weight excluding hydrogens is 366 g/mol. The Hall–Kier alpha value is -3.35. The maximum Gasteiger partial charge on any atom is 0.225 e. The number of hydrogen-bond donors (Lipinski definition) is 2. The van der Waals surface area contributed by atoms with Gasteiger partial charge in [-0.1, -0.05) is 12.8 Å². The zero-order valence-electron chi connectivity index (χ0n) is 16.7. The summed E-state index contributed by atoms with van der Waals surface area (Å²) in [6.07, 6.45) is 8.36. The van der Waals surface area contributed by atoms with Crippen LogP contribution >= 0.6 is 0 Å². The number of nitrogens with one attached hydrogen (secondary N) is 2. The highest BCUT2D eigenvalue weighted by Crippen LogP contribution is 2.32. The third-order valence-electron chi connectivity index (χ3n) is 5.03. The van der Waals surface area contributed by atoms with E-state index in [9.17, 15) is 0 Å². The summed E-state index contributed by atoms with van der Waals surface area (Å²) in [5, 5.41) is 6.85. The highest BCUT2D eigenvalue weighted by atomic mass is 16.5. The fourth-order valence-electron chi connectivity index (χ4n) is 3.55. The first-order valence-electron chi connectivity index (χ1n) is 9.80. The van der Waals surface area contributed by atoms with Crippen LogP contribution in [0.3, 0.4) is 0 Å². The molecule has 1 saturated carbocycles. The average Bonchev–Trinajstić information content (AvgIpc) is 3.27. The smallest absolute Gasteiger partial charge is 0.225 e. The van der Waals surface area contributed by atoms with Crippen LogP contribution < -0.4 is 20.1 Å². The predicted molar refractivity (Wildman–Crippen MR) is 114 cm³/mol. The molecule has 2 aromatic heterocycles. The quantitative estimate of drug-likeness (QED) is 0.606. The predicted octanol–water partition coefficient (Wildman–Crippen LogP) is 4.65. The average molecular weight is 391 g/mol. The number of rotatable bonds is 7. The summed E-state index contributed by atoms with van der Waals surface area (Å²) in [5.41, 5.74) is 2.61. The van der Waals surface area contributed by atoms with Crippen LogP contribution in [-0.4, -0.2) is 35.2 Å². The molecule has 0 aliphatic heterocycles. The van der Waals surface area contributed by atoms with Gasteiger partial charge in [0.1, 0.15) is 5.82 Å². The molecule has 29 heavy (non-hydrogen) atoms. The Labute approximate surface area is 170 Å². The third-order valence-corrected chi connectivity index (χ3v) is 5.03. The van der Waals surface area contributed by atoms with Crippen molar-refractivity contribution in [2.45, 2.75) is 31.7 Å². The van der Waals surface area contributed by atoms with Gasteiger partial charge in [-0.15, -0.1) is 0 Å². The van der Waals surface area contributed by atoms with Gasteiger partial charge in [-0.25, -0.2) is 4.98 Å². The molecule has 3 aromatic rings. The molecule has 0 unspecified atom stereocenters. The molecule has 0 atom stereocenters. The van der Waals surface area contributed by atoms with Crippen molar-refractivity contribution in [1.82, 2.24) is 15.0 Å². The van der Waals surface area contributed by atoms with Gasteiger partial charge in [0.15, 0.2) is 11.5 Å². The Morgan fingerprint density at radius 3 is 2.52 bits per heavy atom. The van der Waals surface area contributed by atoms with Gasteiger partial charge in [-0.3, -0.25) is 4.98 Å². The monoisotopic (exact) mass is 391 g/mol. The molecule has 0 saturated heterocycles. The van der Waals surface area contributed by atoms with Crippen LogP contribution in [0, 0.1) is 0 Å². The van der Waals surface area contributed by atoms with Crippen LogP contribution in [0.1, 0.15) is 25.7 Å². The third kappa shape index (κ3) is 4.56. The molecule has 0 amide bonds. The first-order chi connectivity index (χ1) is 14.2.